The fourth-order valence-electron chi connectivity index (χ4n) is 3.43. The van der Waals surface area contributed by atoms with Gasteiger partial charge in [0.1, 0.15) is 11.5 Å². The molecule has 0 N–H and O–H groups in total. The number of rotatable bonds is 0. The van der Waals surface area contributed by atoms with Gasteiger partial charge in [-0.15, -0.1) is 0 Å². The number of carbonyl (C=O) groups excluding carboxylic acids is 2. The van der Waals surface area contributed by atoms with Crippen molar-refractivity contribution in [3.63, 3.8) is 0 Å². The monoisotopic (exact) mass is 276 g/mol. The van der Waals surface area contributed by atoms with E-state index in [4.69, 9.17) is 9.47 Å². The van der Waals surface area contributed by atoms with Crippen molar-refractivity contribution in [1.82, 2.24) is 0 Å². The maximum Gasteiger partial charge on any atom is 0.171 e. The van der Waals surface area contributed by atoms with Crippen LogP contribution in [0.4, 0.5) is 0 Å². The Bertz CT molecular complexity index is 550. The second kappa shape index (κ2) is 3.54. The van der Waals surface area contributed by atoms with E-state index in [1.807, 2.05) is 27.7 Å². The summed E-state index contributed by atoms with van der Waals surface area (Å²) in [4.78, 5) is 24.6. The Balaban J connectivity index is 2.11. The molecule has 0 amide bonds. The van der Waals surface area contributed by atoms with E-state index in [9.17, 15) is 9.59 Å². The molecule has 4 heteroatoms. The number of ketones is 2. The molecule has 2 atom stereocenters. The van der Waals surface area contributed by atoms with Gasteiger partial charge in [-0.3, -0.25) is 9.59 Å². The Hall–Kier alpha value is -1.58. The van der Waals surface area contributed by atoms with Crippen molar-refractivity contribution in [2.45, 2.75) is 53.8 Å². The van der Waals surface area contributed by atoms with Gasteiger partial charge in [0.2, 0.25) is 0 Å². The van der Waals surface area contributed by atoms with E-state index in [1.54, 1.807) is 13.8 Å². The molecule has 108 valence electrons. The third-order valence-electron chi connectivity index (χ3n) is 4.87. The molecule has 0 radical (unpaired) electrons. The molecule has 0 aromatic heterocycles. The van der Waals surface area contributed by atoms with Gasteiger partial charge in [-0.1, -0.05) is 0 Å². The predicted octanol–water partition coefficient (Wildman–Crippen LogP) is 2.54. The number of carbonyl (C=O) groups is 2. The summed E-state index contributed by atoms with van der Waals surface area (Å²) < 4.78 is 12.1. The van der Waals surface area contributed by atoms with Gasteiger partial charge in [-0.2, -0.15) is 0 Å². The highest BCUT2D eigenvalue weighted by molar-refractivity contribution is 6.05. The highest BCUT2D eigenvalue weighted by Crippen LogP contribution is 2.52. The molecule has 1 fully saturated rings. The van der Waals surface area contributed by atoms with Crippen molar-refractivity contribution in [2.75, 3.05) is 0 Å². The molecule has 1 aliphatic heterocycles. The maximum absolute atomic E-state index is 12.3. The van der Waals surface area contributed by atoms with Crippen LogP contribution in [0.5, 0.6) is 0 Å². The summed E-state index contributed by atoms with van der Waals surface area (Å²) in [5.74, 6) is 1.31. The molecular formula is C16H20O4. The maximum atomic E-state index is 12.3. The molecule has 0 bridgehead atoms. The summed E-state index contributed by atoms with van der Waals surface area (Å²) in [6.45, 7) is 11.0. The molecule has 0 unspecified atom stereocenters. The first-order valence-electron chi connectivity index (χ1n) is 6.94. The van der Waals surface area contributed by atoms with E-state index in [-0.39, 0.29) is 11.6 Å². The number of allylic oxidation sites excluding steroid dienone is 2. The standard InChI is InChI=1S/C16H20O4/c1-7-9-13(15(3,4)11(7)17)20-10-8(2)12(18)16(5,6)14(10)19-9/h13-14H,1-6H3/t13-,14-/m1/s1. The van der Waals surface area contributed by atoms with Crippen molar-refractivity contribution in [1.29, 1.82) is 0 Å². The molecule has 0 aromatic rings. The minimum Gasteiger partial charge on any atom is -0.481 e. The molecule has 1 heterocycles. The highest BCUT2D eigenvalue weighted by atomic mass is 16.6. The second-order valence-corrected chi connectivity index (χ2v) is 7.08. The van der Waals surface area contributed by atoms with Crippen LogP contribution in [0.15, 0.2) is 22.7 Å². The van der Waals surface area contributed by atoms with Gasteiger partial charge in [0.25, 0.3) is 0 Å². The summed E-state index contributed by atoms with van der Waals surface area (Å²) in [6, 6.07) is 0. The predicted molar refractivity (Wildman–Crippen MR) is 72.7 cm³/mol. The smallest absolute Gasteiger partial charge is 0.171 e. The minimum atomic E-state index is -0.645. The number of fused-ring (bicyclic) bond motifs is 2. The Morgan fingerprint density at radius 1 is 0.750 bits per heavy atom. The normalized spacial score (nSPS) is 33.9. The largest absolute Gasteiger partial charge is 0.481 e. The summed E-state index contributed by atoms with van der Waals surface area (Å²) in [5.41, 5.74) is -0.0559. The Morgan fingerprint density at radius 3 is 1.35 bits per heavy atom. The molecule has 4 nitrogen and oxygen atoms in total. The van der Waals surface area contributed by atoms with Crippen LogP contribution in [0.2, 0.25) is 0 Å². The van der Waals surface area contributed by atoms with Gasteiger partial charge in [0.05, 0.1) is 10.8 Å². The van der Waals surface area contributed by atoms with E-state index in [2.05, 4.69) is 0 Å². The molecule has 2 aliphatic carbocycles. The Kier molecular flexibility index (Phi) is 2.37. The summed E-state index contributed by atoms with van der Waals surface area (Å²) >= 11 is 0. The van der Waals surface area contributed by atoms with E-state index < -0.39 is 23.0 Å². The van der Waals surface area contributed by atoms with E-state index in [0.29, 0.717) is 22.7 Å². The average molecular weight is 276 g/mol. The van der Waals surface area contributed by atoms with E-state index in [1.165, 1.54) is 0 Å². The SMILES string of the molecule is CC1=C2O[C@@H]3C(=C(C)C(=O)C3(C)C)O[C@H]2C(C)(C)C1=O. The first kappa shape index (κ1) is 13.4. The lowest BCUT2D eigenvalue weighted by atomic mass is 9.84. The average Bonchev–Trinajstić information content (AvgIpc) is 2.67. The first-order chi connectivity index (χ1) is 9.10. The summed E-state index contributed by atoms with van der Waals surface area (Å²) in [7, 11) is 0. The lowest BCUT2D eigenvalue weighted by Crippen LogP contribution is -2.43. The first-order valence-corrected chi connectivity index (χ1v) is 6.94. The molecule has 0 aromatic carbocycles. The van der Waals surface area contributed by atoms with Crippen molar-refractivity contribution in [3.8, 4) is 0 Å². The van der Waals surface area contributed by atoms with Gasteiger partial charge >= 0.3 is 0 Å². The zero-order chi connectivity index (χ0) is 15.0. The van der Waals surface area contributed by atoms with Gasteiger partial charge in [0.15, 0.2) is 23.8 Å². The van der Waals surface area contributed by atoms with Gasteiger partial charge < -0.3 is 9.47 Å². The van der Waals surface area contributed by atoms with Gasteiger partial charge in [-0.25, -0.2) is 0 Å². The lowest BCUT2D eigenvalue weighted by Gasteiger charge is -2.39. The topological polar surface area (TPSA) is 52.6 Å². The lowest BCUT2D eigenvalue weighted by molar-refractivity contribution is -0.137. The number of hydrogen-bond acceptors (Lipinski definition) is 4. The fraction of sp³-hybridized carbons (Fsp3) is 0.625. The third kappa shape index (κ3) is 1.32. The van der Waals surface area contributed by atoms with Crippen molar-refractivity contribution >= 4 is 11.6 Å². The van der Waals surface area contributed by atoms with Crippen LogP contribution in [0.25, 0.3) is 0 Å². The summed E-state index contributed by atoms with van der Waals surface area (Å²) in [6.07, 6.45) is -0.837. The molecule has 20 heavy (non-hydrogen) atoms. The molecule has 3 rings (SSSR count). The second-order valence-electron chi connectivity index (χ2n) is 7.08. The third-order valence-corrected chi connectivity index (χ3v) is 4.87. The highest BCUT2D eigenvalue weighted by Gasteiger charge is 2.59. The van der Waals surface area contributed by atoms with Gasteiger partial charge in [-0.05, 0) is 41.5 Å². The molecular weight excluding hydrogens is 256 g/mol. The van der Waals surface area contributed by atoms with Crippen LogP contribution in [0, 0.1) is 10.8 Å². The van der Waals surface area contributed by atoms with Crippen molar-refractivity contribution in [2.24, 2.45) is 10.8 Å². The van der Waals surface area contributed by atoms with Gasteiger partial charge in [0, 0.05) is 11.1 Å². The summed E-state index contributed by atoms with van der Waals surface area (Å²) in [5, 5.41) is 0. The zero-order valence-corrected chi connectivity index (χ0v) is 12.8. The zero-order valence-electron chi connectivity index (χ0n) is 12.8. The molecule has 3 aliphatic rings. The van der Waals surface area contributed by atoms with Crippen LogP contribution in [0.3, 0.4) is 0 Å². The number of Topliss-reactive ketones (excluding diaryl/α,β-unsaturated/α-hetero) is 2. The molecule has 0 saturated carbocycles. The minimum absolute atomic E-state index is 0.0554. The molecule has 0 spiro atoms. The van der Waals surface area contributed by atoms with Crippen LogP contribution in [0.1, 0.15) is 41.5 Å². The number of hydrogen-bond donors (Lipinski definition) is 0. The Labute approximate surface area is 118 Å². The van der Waals surface area contributed by atoms with E-state index in [0.717, 1.165) is 0 Å². The molecule has 1 saturated heterocycles. The van der Waals surface area contributed by atoms with Crippen molar-refractivity contribution in [3.05, 3.63) is 22.7 Å². The van der Waals surface area contributed by atoms with E-state index >= 15 is 0 Å². The van der Waals surface area contributed by atoms with Crippen LogP contribution in [-0.4, -0.2) is 23.8 Å². The number of ether oxygens (including phenoxy) is 2. The van der Waals surface area contributed by atoms with Crippen molar-refractivity contribution < 1.29 is 19.1 Å². The fourth-order valence-corrected chi connectivity index (χ4v) is 3.43. The quantitative estimate of drug-likeness (QED) is 0.682. The van der Waals surface area contributed by atoms with Crippen LogP contribution >= 0.6 is 0 Å². The van der Waals surface area contributed by atoms with Crippen LogP contribution < -0.4 is 0 Å². The van der Waals surface area contributed by atoms with Crippen LogP contribution in [-0.2, 0) is 19.1 Å². The Morgan fingerprint density at radius 2 is 1.05 bits per heavy atom.